The molecule has 0 atom stereocenters. The molecule has 0 aliphatic carbocycles. The first kappa shape index (κ1) is 58.5. The van der Waals surface area contributed by atoms with Crippen molar-refractivity contribution in [2.24, 2.45) is 0 Å². The number of Topliss-reactive ketones (excluding diaryl/α,β-unsaturated/α-hetero) is 1. The smallest absolute Gasteiger partial charge is 0.287 e. The Hall–Kier alpha value is -6.74. The summed E-state index contributed by atoms with van der Waals surface area (Å²) in [6, 6.07) is 7.09. The van der Waals surface area contributed by atoms with Gasteiger partial charge in [0.15, 0.2) is 0 Å². The molecule has 0 fully saturated rings. The quantitative estimate of drug-likeness (QED) is 0.0674. The van der Waals surface area contributed by atoms with E-state index in [0.717, 1.165) is 16.6 Å². The average molecular weight is 1130 g/mol. The third kappa shape index (κ3) is 12.7. The standard InChI is InChI=1S/C32H12BF24.C16H14NOS/c34-25(35,36)13-1-14(26(37,38)39)6-21(5-13)33(22-7-15(27(40,41)42)2-16(8-22)28(43,44)45,23-9-17(29(46,47)48)3-18(10-23)30(49,50)51)24-11-19(31(52,53)54)4-20(12-24)32(55,56)57;1-12-6-2-3-7-13(12)15(18)10-17-11-19-16-9-5-4-8-14(16)17/h1-12H;2-9,11H,10H2,1H3/q-1;+1. The zero-order chi connectivity index (χ0) is 57.2. The van der Waals surface area contributed by atoms with Crippen LogP contribution in [0, 0.1) is 6.92 Å². The number of rotatable bonds is 7. The minimum Gasteiger partial charge on any atom is -0.287 e. The van der Waals surface area contributed by atoms with Crippen LogP contribution in [-0.2, 0) is 56.0 Å². The van der Waals surface area contributed by atoms with Gasteiger partial charge in [-0.1, -0.05) is 96.3 Å². The molecule has 0 aliphatic heterocycles. The number of aryl methyl sites for hydroxylation is 1. The molecular weight excluding hydrogens is 1110 g/mol. The molecule has 0 bridgehead atoms. The van der Waals surface area contributed by atoms with Crippen molar-refractivity contribution in [2.45, 2.75) is 62.9 Å². The van der Waals surface area contributed by atoms with Gasteiger partial charge in [0.25, 0.3) is 0 Å². The van der Waals surface area contributed by atoms with Gasteiger partial charge in [0, 0.05) is 11.6 Å². The van der Waals surface area contributed by atoms with Crippen LogP contribution in [0.4, 0.5) is 105 Å². The van der Waals surface area contributed by atoms with Crippen LogP contribution in [0.1, 0.15) is 60.4 Å². The highest BCUT2D eigenvalue weighted by atomic mass is 32.1. The molecule has 7 aromatic rings. The Morgan fingerprint density at radius 1 is 0.395 bits per heavy atom. The molecular formula is C48H26BF24NOS. The van der Waals surface area contributed by atoms with E-state index >= 15 is 0 Å². The van der Waals surface area contributed by atoms with Gasteiger partial charge in [-0.3, -0.25) is 4.79 Å². The van der Waals surface area contributed by atoms with Crippen molar-refractivity contribution in [1.82, 2.24) is 0 Å². The Labute approximate surface area is 414 Å². The summed E-state index contributed by atoms with van der Waals surface area (Å²) < 4.78 is 344. The molecule has 1 aromatic heterocycles. The molecule has 28 heteroatoms. The third-order valence-electron chi connectivity index (χ3n) is 11.7. The lowest BCUT2D eigenvalue weighted by atomic mass is 9.12. The van der Waals surface area contributed by atoms with Crippen LogP contribution >= 0.6 is 11.3 Å². The van der Waals surface area contributed by atoms with Crippen molar-refractivity contribution in [3.05, 3.63) is 182 Å². The average Bonchev–Trinajstić information content (AvgIpc) is 3.69. The van der Waals surface area contributed by atoms with Gasteiger partial charge in [-0.2, -0.15) is 132 Å². The van der Waals surface area contributed by atoms with Crippen LogP contribution in [0.3, 0.4) is 0 Å². The molecule has 0 aliphatic rings. The summed E-state index contributed by atoms with van der Waals surface area (Å²) in [6.45, 7) is 2.37. The highest BCUT2D eigenvalue weighted by molar-refractivity contribution is 7.20. The Balaban J connectivity index is 0.000000408. The summed E-state index contributed by atoms with van der Waals surface area (Å²) in [5.74, 6) is 0.159. The van der Waals surface area contributed by atoms with E-state index in [1.807, 2.05) is 53.4 Å². The highest BCUT2D eigenvalue weighted by Crippen LogP contribution is 2.41. The molecule has 0 N–H and O–H groups in total. The number of para-hydroxylation sites is 1. The lowest BCUT2D eigenvalue weighted by Crippen LogP contribution is -2.75. The van der Waals surface area contributed by atoms with Crippen LogP contribution in [0.5, 0.6) is 0 Å². The van der Waals surface area contributed by atoms with Gasteiger partial charge in [0.05, 0.1) is 44.5 Å². The second-order valence-corrected chi connectivity index (χ2v) is 17.7. The Morgan fingerprint density at radius 3 is 0.934 bits per heavy atom. The van der Waals surface area contributed by atoms with Crippen LogP contribution in [-0.4, -0.2) is 11.9 Å². The van der Waals surface area contributed by atoms with Crippen molar-refractivity contribution in [3.63, 3.8) is 0 Å². The van der Waals surface area contributed by atoms with Gasteiger partial charge in [0.2, 0.25) is 23.4 Å². The number of fused-ring (bicyclic) bond motifs is 1. The van der Waals surface area contributed by atoms with Gasteiger partial charge >= 0.3 is 49.4 Å². The molecule has 6 aromatic carbocycles. The van der Waals surface area contributed by atoms with Gasteiger partial charge in [-0.05, 0) is 42.8 Å². The van der Waals surface area contributed by atoms with Crippen LogP contribution < -0.4 is 26.4 Å². The SMILES string of the molecule is Cc1ccccc1C(=O)C[n+]1csc2ccccc21.FC(F)(F)c1cc([B-](c2cc(C(F)(F)F)cc(C(F)(F)F)c2)(c2cc(C(F)(F)F)cc(C(F)(F)F)c2)c2cc(C(F)(F)F)cc(C(F)(F)F)c2)cc(C(F)(F)F)c1. The van der Waals surface area contributed by atoms with E-state index in [0.29, 0.717) is 6.54 Å². The van der Waals surface area contributed by atoms with Gasteiger partial charge in [-0.25, -0.2) is 0 Å². The summed E-state index contributed by atoms with van der Waals surface area (Å²) in [6.07, 6.45) is -54.8. The zero-order valence-corrected chi connectivity index (χ0v) is 38.1. The topological polar surface area (TPSA) is 20.9 Å². The summed E-state index contributed by atoms with van der Waals surface area (Å²) in [4.78, 5) is 12.4. The minimum absolute atomic E-state index is 0.159. The van der Waals surface area contributed by atoms with Crippen molar-refractivity contribution >= 4 is 55.3 Å². The molecule has 406 valence electrons. The Bertz CT molecular complexity index is 2840. The molecule has 0 saturated heterocycles. The molecule has 0 spiro atoms. The zero-order valence-electron chi connectivity index (χ0n) is 37.2. The maximum Gasteiger partial charge on any atom is 0.416 e. The normalized spacial score (nSPS) is 13.4. The number of aromatic nitrogens is 1. The predicted octanol–water partition coefficient (Wildman–Crippen LogP) is 14.6. The first-order valence-corrected chi connectivity index (χ1v) is 21.7. The largest absolute Gasteiger partial charge is 0.416 e. The van der Waals surface area contributed by atoms with Crippen molar-refractivity contribution in [2.75, 3.05) is 0 Å². The van der Waals surface area contributed by atoms with E-state index in [4.69, 9.17) is 0 Å². The van der Waals surface area contributed by atoms with E-state index in [-0.39, 0.29) is 5.78 Å². The number of halogens is 24. The van der Waals surface area contributed by atoms with E-state index < -0.39 is 195 Å². The molecule has 0 amide bonds. The number of alkyl halides is 24. The number of benzene rings is 6. The minimum atomic E-state index is -6.13. The number of hydrogen-bond donors (Lipinski definition) is 0. The van der Waals surface area contributed by atoms with Gasteiger partial charge in [0.1, 0.15) is 10.8 Å². The van der Waals surface area contributed by atoms with E-state index in [1.54, 1.807) is 11.3 Å². The monoisotopic (exact) mass is 1130 g/mol. The van der Waals surface area contributed by atoms with Crippen molar-refractivity contribution < 1.29 is 115 Å². The predicted molar refractivity (Wildman–Crippen MR) is 228 cm³/mol. The van der Waals surface area contributed by atoms with Crippen molar-refractivity contribution in [3.8, 4) is 0 Å². The number of carbonyl (C=O) groups is 1. The third-order valence-corrected chi connectivity index (χ3v) is 12.6. The van der Waals surface area contributed by atoms with Gasteiger partial charge in [-0.15, -0.1) is 0 Å². The number of thiazole rings is 1. The maximum atomic E-state index is 14.2. The van der Waals surface area contributed by atoms with Crippen LogP contribution in [0.25, 0.3) is 10.2 Å². The second kappa shape index (κ2) is 20.0. The van der Waals surface area contributed by atoms with Crippen LogP contribution in [0.15, 0.2) is 127 Å². The fourth-order valence-corrected chi connectivity index (χ4v) is 9.18. The van der Waals surface area contributed by atoms with E-state index in [2.05, 4.69) is 12.1 Å². The maximum absolute atomic E-state index is 14.2. The summed E-state index contributed by atoms with van der Waals surface area (Å²) >= 11 is 1.67. The molecule has 0 unspecified atom stereocenters. The highest BCUT2D eigenvalue weighted by Gasteiger charge is 2.47. The molecule has 0 saturated carbocycles. The molecule has 76 heavy (non-hydrogen) atoms. The summed E-state index contributed by atoms with van der Waals surface area (Å²) in [5, 5.41) is 0. The molecule has 1 heterocycles. The Morgan fingerprint density at radius 2 is 0.658 bits per heavy atom. The molecule has 2 nitrogen and oxygen atoms in total. The van der Waals surface area contributed by atoms with E-state index in [9.17, 15) is 110 Å². The first-order chi connectivity index (χ1) is 34.5. The number of nitrogens with zero attached hydrogens (tertiary/aromatic N) is 1. The second-order valence-electron chi connectivity index (χ2n) is 16.8. The molecule has 7 rings (SSSR count). The van der Waals surface area contributed by atoms with Gasteiger partial charge < -0.3 is 0 Å². The lowest BCUT2D eigenvalue weighted by Gasteiger charge is -2.46. The Kier molecular flexibility index (Phi) is 15.4. The lowest BCUT2D eigenvalue weighted by molar-refractivity contribution is -0.652. The number of carbonyl (C=O) groups excluding carboxylic acids is 1. The van der Waals surface area contributed by atoms with E-state index in [1.165, 1.54) is 4.70 Å². The summed E-state index contributed by atoms with van der Waals surface area (Å²) in [5.41, 5.74) is -25.2. The number of ketones is 1. The first-order valence-electron chi connectivity index (χ1n) is 20.8. The van der Waals surface area contributed by atoms with Crippen molar-refractivity contribution in [1.29, 1.82) is 0 Å². The molecule has 0 radical (unpaired) electrons. The summed E-state index contributed by atoms with van der Waals surface area (Å²) in [7, 11) is 0. The fraction of sp³-hybridized carbons (Fsp3) is 0.208. The fourth-order valence-electron chi connectivity index (χ4n) is 8.29. The van der Waals surface area contributed by atoms with Crippen LogP contribution in [0.2, 0.25) is 0 Å². The number of hydrogen-bond acceptors (Lipinski definition) is 2.